The van der Waals surface area contributed by atoms with Gasteiger partial charge in [-0.3, -0.25) is 0 Å². The lowest BCUT2D eigenvalue weighted by Crippen LogP contribution is -2.00. The van der Waals surface area contributed by atoms with E-state index in [-0.39, 0.29) is 5.95 Å². The van der Waals surface area contributed by atoms with Crippen molar-refractivity contribution in [3.8, 4) is 5.82 Å². The molecule has 0 aliphatic carbocycles. The Hall–Kier alpha value is -1.14. The molecule has 0 fully saturated rings. The maximum absolute atomic E-state index is 5.70. The van der Waals surface area contributed by atoms with E-state index in [1.54, 1.807) is 12.1 Å². The fourth-order valence-corrected chi connectivity index (χ4v) is 1.50. The SMILES string of the molecule is Nc1nc(Br)n(-c2ccc(Cl)cn2)n1. The molecule has 0 bridgehead atoms. The molecule has 0 radical (unpaired) electrons. The van der Waals surface area contributed by atoms with Crippen molar-refractivity contribution in [3.05, 3.63) is 28.1 Å². The molecular formula is C7H5BrClN5. The maximum atomic E-state index is 5.70. The van der Waals surface area contributed by atoms with Crippen LogP contribution in [0.3, 0.4) is 0 Å². The van der Waals surface area contributed by atoms with Gasteiger partial charge in [0.1, 0.15) is 0 Å². The van der Waals surface area contributed by atoms with E-state index >= 15 is 0 Å². The van der Waals surface area contributed by atoms with Crippen LogP contribution in [-0.2, 0) is 0 Å². The van der Waals surface area contributed by atoms with Gasteiger partial charge in [-0.15, -0.1) is 5.10 Å². The minimum Gasteiger partial charge on any atom is -0.366 e. The second kappa shape index (κ2) is 3.55. The normalized spacial score (nSPS) is 10.4. The number of nitrogen functional groups attached to an aromatic ring is 1. The molecule has 0 aromatic carbocycles. The summed E-state index contributed by atoms with van der Waals surface area (Å²) in [7, 11) is 0. The van der Waals surface area contributed by atoms with E-state index in [0.717, 1.165) is 0 Å². The van der Waals surface area contributed by atoms with Crippen molar-refractivity contribution in [2.24, 2.45) is 0 Å². The molecular weight excluding hydrogens is 269 g/mol. The first-order valence-corrected chi connectivity index (χ1v) is 4.84. The molecule has 5 nitrogen and oxygen atoms in total. The van der Waals surface area contributed by atoms with E-state index in [1.165, 1.54) is 10.9 Å². The van der Waals surface area contributed by atoms with Crippen LogP contribution >= 0.6 is 27.5 Å². The summed E-state index contributed by atoms with van der Waals surface area (Å²) in [6.45, 7) is 0. The first kappa shape index (κ1) is 9.42. The van der Waals surface area contributed by atoms with Gasteiger partial charge in [0.15, 0.2) is 5.82 Å². The van der Waals surface area contributed by atoms with E-state index in [9.17, 15) is 0 Å². The number of anilines is 1. The largest absolute Gasteiger partial charge is 0.366 e. The minimum absolute atomic E-state index is 0.189. The molecule has 0 aliphatic heterocycles. The Bertz CT molecular complexity index is 452. The van der Waals surface area contributed by atoms with Gasteiger partial charge in [0.05, 0.1) is 5.02 Å². The van der Waals surface area contributed by atoms with Crippen molar-refractivity contribution in [1.29, 1.82) is 0 Å². The summed E-state index contributed by atoms with van der Waals surface area (Å²) < 4.78 is 1.98. The third-order valence-electron chi connectivity index (χ3n) is 1.51. The number of hydrogen-bond acceptors (Lipinski definition) is 4. The Kier molecular flexibility index (Phi) is 2.39. The van der Waals surface area contributed by atoms with Crippen LogP contribution in [0.5, 0.6) is 0 Å². The van der Waals surface area contributed by atoms with Crippen LogP contribution < -0.4 is 5.73 Å². The Morgan fingerprint density at radius 1 is 1.43 bits per heavy atom. The topological polar surface area (TPSA) is 69.6 Å². The highest BCUT2D eigenvalue weighted by atomic mass is 79.9. The van der Waals surface area contributed by atoms with Crippen LogP contribution in [0, 0.1) is 0 Å². The zero-order valence-corrected chi connectivity index (χ0v) is 9.20. The van der Waals surface area contributed by atoms with Gasteiger partial charge >= 0.3 is 0 Å². The lowest BCUT2D eigenvalue weighted by atomic mass is 10.5. The van der Waals surface area contributed by atoms with Gasteiger partial charge in [0, 0.05) is 6.20 Å². The Balaban J connectivity index is 2.49. The van der Waals surface area contributed by atoms with Crippen LogP contribution in [-0.4, -0.2) is 19.7 Å². The molecule has 0 spiro atoms. The number of aromatic nitrogens is 4. The Labute approximate surface area is 93.0 Å². The molecule has 0 saturated heterocycles. The van der Waals surface area contributed by atoms with E-state index in [0.29, 0.717) is 15.6 Å². The smallest absolute Gasteiger partial charge is 0.240 e. The zero-order chi connectivity index (χ0) is 10.1. The number of rotatable bonds is 1. The first-order valence-electron chi connectivity index (χ1n) is 3.67. The average molecular weight is 275 g/mol. The summed E-state index contributed by atoms with van der Waals surface area (Å²) in [5.74, 6) is 0.791. The quantitative estimate of drug-likeness (QED) is 0.858. The molecule has 14 heavy (non-hydrogen) atoms. The van der Waals surface area contributed by atoms with Crippen molar-refractivity contribution in [2.75, 3.05) is 5.73 Å². The predicted octanol–water partition coefficient (Wildman–Crippen LogP) is 1.66. The number of pyridine rings is 1. The van der Waals surface area contributed by atoms with Gasteiger partial charge in [-0.1, -0.05) is 11.6 Å². The van der Waals surface area contributed by atoms with Crippen LogP contribution in [0.1, 0.15) is 0 Å². The van der Waals surface area contributed by atoms with Crippen molar-refractivity contribution in [2.45, 2.75) is 0 Å². The number of nitrogens with zero attached hydrogens (tertiary/aromatic N) is 4. The van der Waals surface area contributed by atoms with E-state index in [2.05, 4.69) is 31.0 Å². The summed E-state index contributed by atoms with van der Waals surface area (Å²) in [5, 5.41) is 4.51. The number of halogens is 2. The van der Waals surface area contributed by atoms with Crippen molar-refractivity contribution in [1.82, 2.24) is 19.7 Å². The highest BCUT2D eigenvalue weighted by Crippen LogP contribution is 2.15. The third kappa shape index (κ3) is 1.71. The molecule has 2 aromatic rings. The Morgan fingerprint density at radius 2 is 2.21 bits per heavy atom. The first-order chi connectivity index (χ1) is 6.66. The molecule has 2 aromatic heterocycles. The Morgan fingerprint density at radius 3 is 2.71 bits per heavy atom. The fourth-order valence-electron chi connectivity index (χ4n) is 0.947. The van der Waals surface area contributed by atoms with E-state index in [1.807, 2.05) is 0 Å². The van der Waals surface area contributed by atoms with Crippen molar-refractivity contribution >= 4 is 33.5 Å². The molecule has 2 rings (SSSR count). The molecule has 0 aliphatic rings. The second-order valence-electron chi connectivity index (χ2n) is 2.49. The summed E-state index contributed by atoms with van der Waals surface area (Å²) in [6.07, 6.45) is 1.53. The molecule has 72 valence electrons. The van der Waals surface area contributed by atoms with Gasteiger partial charge in [-0.25, -0.2) is 4.98 Å². The van der Waals surface area contributed by atoms with Crippen LogP contribution in [0.15, 0.2) is 23.1 Å². The highest BCUT2D eigenvalue weighted by Gasteiger charge is 2.07. The summed E-state index contributed by atoms with van der Waals surface area (Å²) >= 11 is 8.91. The van der Waals surface area contributed by atoms with E-state index < -0.39 is 0 Å². The predicted molar refractivity (Wildman–Crippen MR) is 56.3 cm³/mol. The van der Waals surface area contributed by atoms with E-state index in [4.69, 9.17) is 17.3 Å². The summed E-state index contributed by atoms with van der Waals surface area (Å²) in [5.41, 5.74) is 5.42. The van der Waals surface area contributed by atoms with Crippen LogP contribution in [0.2, 0.25) is 5.02 Å². The lowest BCUT2D eigenvalue weighted by molar-refractivity contribution is 0.828. The van der Waals surface area contributed by atoms with Crippen molar-refractivity contribution < 1.29 is 0 Å². The zero-order valence-electron chi connectivity index (χ0n) is 6.85. The molecule has 0 amide bonds. The lowest BCUT2D eigenvalue weighted by Gasteiger charge is -1.99. The summed E-state index contributed by atoms with van der Waals surface area (Å²) in [6, 6.07) is 3.44. The molecule has 0 saturated carbocycles. The second-order valence-corrected chi connectivity index (χ2v) is 3.63. The maximum Gasteiger partial charge on any atom is 0.240 e. The van der Waals surface area contributed by atoms with Crippen LogP contribution in [0.4, 0.5) is 5.95 Å². The van der Waals surface area contributed by atoms with Gasteiger partial charge < -0.3 is 5.73 Å². The monoisotopic (exact) mass is 273 g/mol. The van der Waals surface area contributed by atoms with Gasteiger partial charge in [0.25, 0.3) is 0 Å². The standard InChI is InChI=1S/C7H5BrClN5/c8-6-12-7(10)13-14(6)5-2-1-4(9)3-11-5/h1-3H,(H2,10,13). The summed E-state index contributed by atoms with van der Waals surface area (Å²) in [4.78, 5) is 7.95. The molecule has 0 atom stereocenters. The number of nitrogens with two attached hydrogens (primary N) is 1. The molecule has 0 unspecified atom stereocenters. The fraction of sp³-hybridized carbons (Fsp3) is 0. The van der Waals surface area contributed by atoms with Gasteiger partial charge in [-0.2, -0.15) is 9.67 Å². The minimum atomic E-state index is 0.189. The van der Waals surface area contributed by atoms with Crippen LogP contribution in [0.25, 0.3) is 5.82 Å². The molecule has 2 heterocycles. The third-order valence-corrected chi connectivity index (χ3v) is 2.25. The molecule has 2 N–H and O–H groups in total. The van der Waals surface area contributed by atoms with Gasteiger partial charge in [0.2, 0.25) is 10.7 Å². The average Bonchev–Trinajstić information content (AvgIpc) is 2.47. The number of hydrogen-bond donors (Lipinski definition) is 1. The molecule has 7 heteroatoms. The highest BCUT2D eigenvalue weighted by molar-refractivity contribution is 9.10. The van der Waals surface area contributed by atoms with Gasteiger partial charge in [-0.05, 0) is 28.1 Å². The van der Waals surface area contributed by atoms with Crippen molar-refractivity contribution in [3.63, 3.8) is 0 Å².